The summed E-state index contributed by atoms with van der Waals surface area (Å²) < 4.78 is 53.0. The van der Waals surface area contributed by atoms with Crippen LogP contribution in [0, 0.1) is 11.7 Å². The van der Waals surface area contributed by atoms with Gasteiger partial charge in [0.05, 0.1) is 11.3 Å². The van der Waals surface area contributed by atoms with Crippen molar-refractivity contribution in [3.05, 3.63) is 64.4 Å². The summed E-state index contributed by atoms with van der Waals surface area (Å²) in [5.74, 6) is -0.344. The molecule has 29 heavy (non-hydrogen) atoms. The molecular weight excluding hydrogens is 408 g/mol. The van der Waals surface area contributed by atoms with Crippen LogP contribution in [0.4, 0.5) is 23.2 Å². The summed E-state index contributed by atoms with van der Waals surface area (Å²) in [6.45, 7) is 1.33. The van der Waals surface area contributed by atoms with Crippen molar-refractivity contribution >= 4 is 23.2 Å². The largest absolute Gasteiger partial charge is 0.418 e. The number of rotatable bonds is 3. The highest BCUT2D eigenvalue weighted by atomic mass is 35.5. The highest BCUT2D eigenvalue weighted by molar-refractivity contribution is 6.30. The summed E-state index contributed by atoms with van der Waals surface area (Å²) >= 11 is 5.92. The molecule has 3 nitrogen and oxygen atoms in total. The lowest BCUT2D eigenvalue weighted by molar-refractivity contribution is -0.137. The molecule has 2 aromatic carbocycles. The van der Waals surface area contributed by atoms with Crippen LogP contribution in [0.25, 0.3) is 0 Å². The van der Waals surface area contributed by atoms with Crippen molar-refractivity contribution in [1.82, 2.24) is 4.90 Å². The summed E-state index contributed by atoms with van der Waals surface area (Å²) in [4.78, 5) is 16.1. The monoisotopic (exact) mass is 426 g/mol. The molecule has 8 heteroatoms. The standard InChI is InChI=1S/C21H19ClF4N2O/c22-14-3-6-18(21(24,25)26)19(11-14)27-7-9-28(10-8-27)20(29)17-12-16(17)13-1-4-15(23)5-2-13/h1-6,11,16-17H,7-10,12H2/t16?,17-/m0/s1. The summed E-state index contributed by atoms with van der Waals surface area (Å²) in [6, 6.07) is 9.72. The van der Waals surface area contributed by atoms with E-state index in [1.165, 1.54) is 24.3 Å². The van der Waals surface area contributed by atoms with E-state index in [0.29, 0.717) is 26.2 Å². The van der Waals surface area contributed by atoms with Crippen LogP contribution >= 0.6 is 11.6 Å². The first-order chi connectivity index (χ1) is 13.7. The van der Waals surface area contributed by atoms with Crippen LogP contribution in [0.2, 0.25) is 5.02 Å². The van der Waals surface area contributed by atoms with Gasteiger partial charge in [-0.25, -0.2) is 4.39 Å². The maximum atomic E-state index is 13.3. The molecule has 2 fully saturated rings. The van der Waals surface area contributed by atoms with Gasteiger partial charge in [0.1, 0.15) is 5.82 Å². The van der Waals surface area contributed by atoms with Gasteiger partial charge in [-0.2, -0.15) is 13.2 Å². The SMILES string of the molecule is O=C([C@H]1CC1c1ccc(F)cc1)N1CCN(c2cc(Cl)ccc2C(F)(F)F)CC1. The minimum absolute atomic E-state index is 0.0149. The van der Waals surface area contributed by atoms with Crippen molar-refractivity contribution in [1.29, 1.82) is 0 Å². The van der Waals surface area contributed by atoms with Crippen molar-refractivity contribution in [2.75, 3.05) is 31.1 Å². The van der Waals surface area contributed by atoms with E-state index in [0.717, 1.165) is 18.1 Å². The van der Waals surface area contributed by atoms with Crippen LogP contribution in [-0.2, 0) is 11.0 Å². The number of hydrogen-bond acceptors (Lipinski definition) is 2. The second kappa shape index (κ2) is 7.52. The number of piperazine rings is 1. The number of anilines is 1. The number of carbonyl (C=O) groups excluding carboxylic acids is 1. The molecule has 1 unspecified atom stereocenters. The number of carbonyl (C=O) groups is 1. The average Bonchev–Trinajstić information content (AvgIpc) is 3.48. The third-order valence-corrected chi connectivity index (χ3v) is 5.84. The fraction of sp³-hybridized carbons (Fsp3) is 0.381. The molecule has 1 amide bonds. The molecule has 0 radical (unpaired) electrons. The van der Waals surface area contributed by atoms with Gasteiger partial charge in [-0.1, -0.05) is 23.7 Å². The number of amides is 1. The molecule has 1 aliphatic heterocycles. The van der Waals surface area contributed by atoms with Crippen molar-refractivity contribution in [2.24, 2.45) is 5.92 Å². The van der Waals surface area contributed by atoms with Crippen LogP contribution < -0.4 is 4.90 Å². The minimum Gasteiger partial charge on any atom is -0.367 e. The lowest BCUT2D eigenvalue weighted by atomic mass is 10.1. The van der Waals surface area contributed by atoms with E-state index in [2.05, 4.69) is 0 Å². The molecule has 2 aliphatic rings. The first-order valence-electron chi connectivity index (χ1n) is 9.40. The number of nitrogens with zero attached hydrogens (tertiary/aromatic N) is 2. The molecule has 1 aliphatic carbocycles. The molecule has 1 saturated heterocycles. The molecule has 154 valence electrons. The average molecular weight is 427 g/mol. The maximum absolute atomic E-state index is 13.3. The third-order valence-electron chi connectivity index (χ3n) is 5.60. The van der Waals surface area contributed by atoms with Gasteiger partial charge in [0, 0.05) is 37.1 Å². The van der Waals surface area contributed by atoms with Crippen molar-refractivity contribution in [3.8, 4) is 0 Å². The predicted molar refractivity (Wildman–Crippen MR) is 102 cm³/mol. The van der Waals surface area contributed by atoms with Gasteiger partial charge in [-0.05, 0) is 48.2 Å². The van der Waals surface area contributed by atoms with E-state index in [1.54, 1.807) is 21.9 Å². The summed E-state index contributed by atoms with van der Waals surface area (Å²) in [5, 5.41) is 0.242. The Morgan fingerprint density at radius 1 is 1.00 bits per heavy atom. The van der Waals surface area contributed by atoms with E-state index in [9.17, 15) is 22.4 Å². The van der Waals surface area contributed by atoms with E-state index in [-0.39, 0.29) is 34.3 Å². The summed E-state index contributed by atoms with van der Waals surface area (Å²) in [5.41, 5.74) is 0.269. The molecule has 0 aromatic heterocycles. The van der Waals surface area contributed by atoms with Crippen molar-refractivity contribution in [2.45, 2.75) is 18.5 Å². The topological polar surface area (TPSA) is 23.6 Å². The van der Waals surface area contributed by atoms with Crippen LogP contribution in [0.15, 0.2) is 42.5 Å². The number of hydrogen-bond donors (Lipinski definition) is 0. The molecule has 2 aromatic rings. The van der Waals surface area contributed by atoms with E-state index >= 15 is 0 Å². The maximum Gasteiger partial charge on any atom is 0.418 e. The third kappa shape index (κ3) is 4.20. The Hall–Kier alpha value is -2.28. The second-order valence-corrected chi connectivity index (χ2v) is 7.91. The Labute approximate surface area is 170 Å². The van der Waals surface area contributed by atoms with Gasteiger partial charge < -0.3 is 9.80 Å². The molecule has 2 atom stereocenters. The Balaban J connectivity index is 1.40. The van der Waals surface area contributed by atoms with Crippen LogP contribution in [0.1, 0.15) is 23.5 Å². The first kappa shape index (κ1) is 20.0. The molecule has 0 spiro atoms. The molecular formula is C21H19ClF4N2O. The highest BCUT2D eigenvalue weighted by Gasteiger charge is 2.46. The smallest absolute Gasteiger partial charge is 0.367 e. The van der Waals surface area contributed by atoms with Crippen LogP contribution in [-0.4, -0.2) is 37.0 Å². The lowest BCUT2D eigenvalue weighted by Gasteiger charge is -2.37. The Bertz CT molecular complexity index is 908. The highest BCUT2D eigenvalue weighted by Crippen LogP contribution is 2.48. The van der Waals surface area contributed by atoms with Gasteiger partial charge in [0.25, 0.3) is 0 Å². The van der Waals surface area contributed by atoms with Gasteiger partial charge >= 0.3 is 6.18 Å². The second-order valence-electron chi connectivity index (χ2n) is 7.47. The van der Waals surface area contributed by atoms with Gasteiger partial charge in [-0.15, -0.1) is 0 Å². The fourth-order valence-electron chi connectivity index (χ4n) is 3.95. The van der Waals surface area contributed by atoms with Crippen LogP contribution in [0.3, 0.4) is 0 Å². The van der Waals surface area contributed by atoms with Crippen molar-refractivity contribution < 1.29 is 22.4 Å². The zero-order valence-electron chi connectivity index (χ0n) is 15.4. The molecule has 0 N–H and O–H groups in total. The zero-order valence-corrected chi connectivity index (χ0v) is 16.2. The molecule has 1 saturated carbocycles. The van der Waals surface area contributed by atoms with Gasteiger partial charge in [-0.3, -0.25) is 4.79 Å². The molecule has 1 heterocycles. The van der Waals surface area contributed by atoms with E-state index in [1.807, 2.05) is 0 Å². The minimum atomic E-state index is -4.47. The Morgan fingerprint density at radius 3 is 2.28 bits per heavy atom. The quantitative estimate of drug-likeness (QED) is 0.648. The molecule has 4 rings (SSSR count). The number of halogens is 5. The summed E-state index contributed by atoms with van der Waals surface area (Å²) in [6.07, 6.45) is -3.75. The van der Waals surface area contributed by atoms with Gasteiger partial charge in [0.2, 0.25) is 5.91 Å². The summed E-state index contributed by atoms with van der Waals surface area (Å²) in [7, 11) is 0. The Morgan fingerprint density at radius 2 is 1.66 bits per heavy atom. The first-order valence-corrected chi connectivity index (χ1v) is 9.78. The fourth-order valence-corrected chi connectivity index (χ4v) is 4.12. The number of alkyl halides is 3. The van der Waals surface area contributed by atoms with E-state index < -0.39 is 11.7 Å². The molecule has 0 bridgehead atoms. The predicted octanol–water partition coefficient (Wildman–Crippen LogP) is 4.95. The van der Waals surface area contributed by atoms with E-state index in [4.69, 9.17) is 11.6 Å². The van der Waals surface area contributed by atoms with Crippen LogP contribution in [0.5, 0.6) is 0 Å². The van der Waals surface area contributed by atoms with Crippen molar-refractivity contribution in [3.63, 3.8) is 0 Å². The lowest BCUT2D eigenvalue weighted by Crippen LogP contribution is -2.49. The zero-order chi connectivity index (χ0) is 20.8. The number of benzene rings is 2. The van der Waals surface area contributed by atoms with Gasteiger partial charge in [0.15, 0.2) is 0 Å². The Kier molecular flexibility index (Phi) is 5.19. The normalized spacial score (nSPS) is 22.0.